The predicted octanol–water partition coefficient (Wildman–Crippen LogP) is 1.69. The highest BCUT2D eigenvalue weighted by molar-refractivity contribution is 5.58. The Balaban J connectivity index is 2.55. The van der Waals surface area contributed by atoms with Gasteiger partial charge in [0.25, 0.3) is 0 Å². The lowest BCUT2D eigenvalue weighted by atomic mass is 10.2. The molecule has 0 radical (unpaired) electrons. The lowest BCUT2D eigenvalue weighted by molar-refractivity contribution is 0.683. The Bertz CT molecular complexity index is 271. The van der Waals surface area contributed by atoms with E-state index < -0.39 is 0 Å². The molecule has 0 bridgehead atoms. The second kappa shape index (κ2) is 1.97. The SMILES string of the molecule is CC1=CCCn2ccnc21. The first kappa shape index (κ1) is 5.71. The van der Waals surface area contributed by atoms with E-state index in [1.165, 1.54) is 5.57 Å². The van der Waals surface area contributed by atoms with Gasteiger partial charge in [-0.15, -0.1) is 0 Å². The first-order valence-corrected chi connectivity index (χ1v) is 3.56. The average Bonchev–Trinajstić information content (AvgIpc) is 2.36. The van der Waals surface area contributed by atoms with E-state index in [0.717, 1.165) is 18.8 Å². The van der Waals surface area contributed by atoms with Crippen molar-refractivity contribution in [3.05, 3.63) is 24.3 Å². The van der Waals surface area contributed by atoms with Gasteiger partial charge < -0.3 is 4.57 Å². The Morgan fingerprint density at radius 2 is 2.50 bits per heavy atom. The summed E-state index contributed by atoms with van der Waals surface area (Å²) in [5, 5.41) is 0. The summed E-state index contributed by atoms with van der Waals surface area (Å²) in [7, 11) is 0. The van der Waals surface area contributed by atoms with Gasteiger partial charge in [0.15, 0.2) is 0 Å². The molecule has 0 amide bonds. The second-order valence-corrected chi connectivity index (χ2v) is 2.62. The molecule has 2 heterocycles. The van der Waals surface area contributed by atoms with E-state index in [1.807, 2.05) is 12.4 Å². The van der Waals surface area contributed by atoms with Crippen LogP contribution in [0.3, 0.4) is 0 Å². The van der Waals surface area contributed by atoms with Crippen LogP contribution in [-0.2, 0) is 6.54 Å². The second-order valence-electron chi connectivity index (χ2n) is 2.62. The molecule has 0 aliphatic carbocycles. The Labute approximate surface area is 60.2 Å². The first-order valence-electron chi connectivity index (χ1n) is 3.56. The third kappa shape index (κ3) is 0.685. The maximum atomic E-state index is 4.23. The summed E-state index contributed by atoms with van der Waals surface area (Å²) in [6, 6.07) is 0. The molecular formula is C8H10N2. The number of hydrogen-bond acceptors (Lipinski definition) is 1. The smallest absolute Gasteiger partial charge is 0.135 e. The third-order valence-corrected chi connectivity index (χ3v) is 1.89. The molecule has 1 aromatic rings. The molecule has 1 aliphatic rings. The maximum absolute atomic E-state index is 4.23. The Morgan fingerprint density at radius 1 is 1.60 bits per heavy atom. The van der Waals surface area contributed by atoms with Crippen LogP contribution in [0, 0.1) is 0 Å². The number of imidazole rings is 1. The number of aryl methyl sites for hydroxylation is 1. The number of aromatic nitrogens is 2. The van der Waals surface area contributed by atoms with Crippen molar-refractivity contribution in [2.24, 2.45) is 0 Å². The Hall–Kier alpha value is -1.05. The Kier molecular flexibility index (Phi) is 1.13. The van der Waals surface area contributed by atoms with Gasteiger partial charge >= 0.3 is 0 Å². The molecule has 2 nitrogen and oxygen atoms in total. The molecule has 2 rings (SSSR count). The van der Waals surface area contributed by atoms with Gasteiger partial charge in [-0.1, -0.05) is 6.08 Å². The molecule has 10 heavy (non-hydrogen) atoms. The van der Waals surface area contributed by atoms with Crippen LogP contribution in [0.15, 0.2) is 18.5 Å². The number of rotatable bonds is 0. The molecule has 0 unspecified atom stereocenters. The van der Waals surface area contributed by atoms with E-state index in [4.69, 9.17) is 0 Å². The number of fused-ring (bicyclic) bond motifs is 1. The summed E-state index contributed by atoms with van der Waals surface area (Å²) in [4.78, 5) is 4.23. The summed E-state index contributed by atoms with van der Waals surface area (Å²) in [5.74, 6) is 1.13. The maximum Gasteiger partial charge on any atom is 0.135 e. The van der Waals surface area contributed by atoms with Gasteiger partial charge in [-0.3, -0.25) is 0 Å². The molecule has 0 saturated carbocycles. The third-order valence-electron chi connectivity index (χ3n) is 1.89. The minimum Gasteiger partial charge on any atom is -0.331 e. The van der Waals surface area contributed by atoms with Crippen LogP contribution < -0.4 is 0 Å². The number of hydrogen-bond donors (Lipinski definition) is 0. The van der Waals surface area contributed by atoms with E-state index >= 15 is 0 Å². The summed E-state index contributed by atoms with van der Waals surface area (Å²) in [5.41, 5.74) is 1.30. The fraction of sp³-hybridized carbons (Fsp3) is 0.375. The highest BCUT2D eigenvalue weighted by Gasteiger charge is 2.07. The van der Waals surface area contributed by atoms with Gasteiger partial charge in [-0.05, 0) is 18.9 Å². The zero-order valence-corrected chi connectivity index (χ0v) is 6.04. The molecule has 0 N–H and O–H groups in total. The molecule has 52 valence electrons. The summed E-state index contributed by atoms with van der Waals surface area (Å²) in [6.07, 6.45) is 7.28. The van der Waals surface area contributed by atoms with Crippen LogP contribution in [0.25, 0.3) is 5.57 Å². The molecule has 1 aliphatic heterocycles. The molecule has 0 saturated heterocycles. The van der Waals surface area contributed by atoms with Gasteiger partial charge in [-0.2, -0.15) is 0 Å². The van der Waals surface area contributed by atoms with E-state index in [2.05, 4.69) is 22.6 Å². The first-order chi connectivity index (χ1) is 4.88. The van der Waals surface area contributed by atoms with E-state index in [0.29, 0.717) is 0 Å². The normalized spacial score (nSPS) is 16.3. The van der Waals surface area contributed by atoms with Crippen molar-refractivity contribution < 1.29 is 0 Å². The lowest BCUT2D eigenvalue weighted by Crippen LogP contribution is -2.05. The van der Waals surface area contributed by atoms with Crippen molar-refractivity contribution in [3.63, 3.8) is 0 Å². The minimum atomic E-state index is 1.09. The van der Waals surface area contributed by atoms with Crippen LogP contribution in [0.2, 0.25) is 0 Å². The van der Waals surface area contributed by atoms with Crippen molar-refractivity contribution in [2.45, 2.75) is 19.9 Å². The van der Waals surface area contributed by atoms with Crippen LogP contribution in [0.4, 0.5) is 0 Å². The van der Waals surface area contributed by atoms with Crippen molar-refractivity contribution in [1.82, 2.24) is 9.55 Å². The molecule has 0 aromatic carbocycles. The number of allylic oxidation sites excluding steroid dienone is 2. The monoisotopic (exact) mass is 134 g/mol. The zero-order chi connectivity index (χ0) is 6.97. The van der Waals surface area contributed by atoms with E-state index in [9.17, 15) is 0 Å². The highest BCUT2D eigenvalue weighted by atomic mass is 15.1. The standard InChI is InChI=1S/C8H10N2/c1-7-3-2-5-10-6-4-9-8(7)10/h3-4,6H,2,5H2,1H3. The van der Waals surface area contributed by atoms with Gasteiger partial charge in [0.1, 0.15) is 5.82 Å². The quantitative estimate of drug-likeness (QED) is 0.528. The van der Waals surface area contributed by atoms with Crippen LogP contribution in [0.5, 0.6) is 0 Å². The summed E-state index contributed by atoms with van der Waals surface area (Å²) in [6.45, 7) is 3.20. The van der Waals surface area contributed by atoms with Gasteiger partial charge in [0, 0.05) is 18.9 Å². The fourth-order valence-corrected chi connectivity index (χ4v) is 1.35. The van der Waals surface area contributed by atoms with Crippen molar-refractivity contribution in [3.8, 4) is 0 Å². The van der Waals surface area contributed by atoms with Crippen molar-refractivity contribution in [1.29, 1.82) is 0 Å². The molecular weight excluding hydrogens is 124 g/mol. The highest BCUT2D eigenvalue weighted by Crippen LogP contribution is 2.17. The molecule has 2 heteroatoms. The van der Waals surface area contributed by atoms with Gasteiger partial charge in [0.05, 0.1) is 0 Å². The molecule has 1 aromatic heterocycles. The predicted molar refractivity (Wildman–Crippen MR) is 40.5 cm³/mol. The fourth-order valence-electron chi connectivity index (χ4n) is 1.35. The van der Waals surface area contributed by atoms with E-state index in [-0.39, 0.29) is 0 Å². The molecule has 0 fully saturated rings. The van der Waals surface area contributed by atoms with Crippen LogP contribution in [-0.4, -0.2) is 9.55 Å². The largest absolute Gasteiger partial charge is 0.331 e. The number of nitrogens with zero attached hydrogens (tertiary/aromatic N) is 2. The van der Waals surface area contributed by atoms with Gasteiger partial charge in [0.2, 0.25) is 0 Å². The zero-order valence-electron chi connectivity index (χ0n) is 6.04. The lowest BCUT2D eigenvalue weighted by Gasteiger charge is -2.11. The molecule has 0 spiro atoms. The van der Waals surface area contributed by atoms with Crippen molar-refractivity contribution >= 4 is 5.57 Å². The average molecular weight is 134 g/mol. The van der Waals surface area contributed by atoms with Crippen molar-refractivity contribution in [2.75, 3.05) is 0 Å². The van der Waals surface area contributed by atoms with Gasteiger partial charge in [-0.25, -0.2) is 4.98 Å². The Morgan fingerprint density at radius 3 is 3.30 bits per heavy atom. The van der Waals surface area contributed by atoms with Crippen LogP contribution in [0.1, 0.15) is 19.2 Å². The molecule has 0 atom stereocenters. The van der Waals surface area contributed by atoms with E-state index in [1.54, 1.807) is 0 Å². The topological polar surface area (TPSA) is 17.8 Å². The minimum absolute atomic E-state index is 1.09. The summed E-state index contributed by atoms with van der Waals surface area (Å²) >= 11 is 0. The van der Waals surface area contributed by atoms with Crippen LogP contribution >= 0.6 is 0 Å². The summed E-state index contributed by atoms with van der Waals surface area (Å²) < 4.78 is 2.19.